The smallest absolute Gasteiger partial charge is 0.194 e. The molecule has 0 saturated heterocycles. The van der Waals surface area contributed by atoms with Gasteiger partial charge in [-0.15, -0.1) is 11.8 Å². The first-order valence-electron chi connectivity index (χ1n) is 7.13. The Labute approximate surface area is 125 Å². The Morgan fingerprint density at radius 1 is 1.20 bits per heavy atom. The van der Waals surface area contributed by atoms with E-state index < -0.39 is 0 Å². The summed E-state index contributed by atoms with van der Waals surface area (Å²) in [6.45, 7) is 4.28. The molecule has 4 heteroatoms. The lowest BCUT2D eigenvalue weighted by atomic mass is 10.2. The topological polar surface area (TPSA) is 38.1 Å². The van der Waals surface area contributed by atoms with Gasteiger partial charge in [-0.2, -0.15) is 0 Å². The summed E-state index contributed by atoms with van der Waals surface area (Å²) >= 11 is 1.74. The van der Waals surface area contributed by atoms with Crippen molar-refractivity contribution in [3.05, 3.63) is 36.4 Å². The number of nitrogens with one attached hydrogen (secondary N) is 1. The molecular weight excluding hydrogens is 268 g/mol. The Kier molecular flexibility index (Phi) is 6.15. The molecule has 0 amide bonds. The Hall–Kier alpha value is -1.26. The highest BCUT2D eigenvalue weighted by molar-refractivity contribution is 7.98. The maximum atomic E-state index is 5.80. The van der Waals surface area contributed by atoms with Crippen molar-refractivity contribution in [2.75, 3.05) is 19.3 Å². The SMILES string of the molecule is CCCNCCCc1ncc(-c2ccc(SC)cc2)o1. The maximum Gasteiger partial charge on any atom is 0.194 e. The molecule has 2 rings (SSSR count). The molecule has 0 saturated carbocycles. The molecule has 0 spiro atoms. The Morgan fingerprint density at radius 2 is 2.00 bits per heavy atom. The molecule has 0 fully saturated rings. The standard InChI is InChI=1S/C16H22N2OS/c1-3-10-17-11-4-5-16-18-12-15(19-16)13-6-8-14(20-2)9-7-13/h6-9,12,17H,3-5,10-11H2,1-2H3. The lowest BCUT2D eigenvalue weighted by Crippen LogP contribution is -2.16. The van der Waals surface area contributed by atoms with Crippen LogP contribution in [0.25, 0.3) is 11.3 Å². The molecule has 20 heavy (non-hydrogen) atoms. The minimum absolute atomic E-state index is 0.826. The van der Waals surface area contributed by atoms with Gasteiger partial charge in [-0.1, -0.05) is 19.1 Å². The van der Waals surface area contributed by atoms with Gasteiger partial charge in [0.25, 0.3) is 0 Å². The number of nitrogens with zero attached hydrogens (tertiary/aromatic N) is 1. The predicted octanol–water partition coefficient (Wildman–Crippen LogP) is 4.00. The quantitative estimate of drug-likeness (QED) is 0.589. The third-order valence-electron chi connectivity index (χ3n) is 3.10. The van der Waals surface area contributed by atoms with Crippen LogP contribution < -0.4 is 5.32 Å². The van der Waals surface area contributed by atoms with Gasteiger partial charge >= 0.3 is 0 Å². The lowest BCUT2D eigenvalue weighted by molar-refractivity contribution is 0.491. The van der Waals surface area contributed by atoms with Crippen molar-refractivity contribution in [2.24, 2.45) is 0 Å². The van der Waals surface area contributed by atoms with Crippen LogP contribution in [0.15, 0.2) is 39.8 Å². The molecule has 3 nitrogen and oxygen atoms in total. The third-order valence-corrected chi connectivity index (χ3v) is 3.84. The van der Waals surface area contributed by atoms with Crippen molar-refractivity contribution in [3.8, 4) is 11.3 Å². The molecule has 0 atom stereocenters. The molecule has 0 aliphatic rings. The van der Waals surface area contributed by atoms with E-state index >= 15 is 0 Å². The number of hydrogen-bond donors (Lipinski definition) is 1. The van der Waals surface area contributed by atoms with Crippen molar-refractivity contribution >= 4 is 11.8 Å². The average Bonchev–Trinajstić information content (AvgIpc) is 2.96. The molecular formula is C16H22N2OS. The highest BCUT2D eigenvalue weighted by atomic mass is 32.2. The molecule has 1 aromatic heterocycles. The largest absolute Gasteiger partial charge is 0.441 e. The van der Waals surface area contributed by atoms with Gasteiger partial charge in [0.1, 0.15) is 0 Å². The fourth-order valence-electron chi connectivity index (χ4n) is 1.98. The molecule has 1 N–H and O–H groups in total. The van der Waals surface area contributed by atoms with Gasteiger partial charge in [0.2, 0.25) is 0 Å². The second kappa shape index (κ2) is 8.12. The Balaban J connectivity index is 1.87. The zero-order valence-corrected chi connectivity index (χ0v) is 13.0. The summed E-state index contributed by atoms with van der Waals surface area (Å²) in [5.74, 6) is 1.68. The number of aryl methyl sites for hydroxylation is 1. The molecule has 2 aromatic rings. The van der Waals surface area contributed by atoms with Crippen LogP contribution in [0.5, 0.6) is 0 Å². The summed E-state index contributed by atoms with van der Waals surface area (Å²) in [5.41, 5.74) is 1.09. The summed E-state index contributed by atoms with van der Waals surface area (Å²) in [6.07, 6.45) is 7.03. The van der Waals surface area contributed by atoms with Crippen molar-refractivity contribution < 1.29 is 4.42 Å². The van der Waals surface area contributed by atoms with Crippen LogP contribution in [-0.4, -0.2) is 24.3 Å². The number of thioether (sulfide) groups is 1. The minimum atomic E-state index is 0.826. The molecule has 0 bridgehead atoms. The zero-order chi connectivity index (χ0) is 14.2. The van der Waals surface area contributed by atoms with E-state index in [1.54, 1.807) is 11.8 Å². The van der Waals surface area contributed by atoms with Gasteiger partial charge in [-0.05, 0) is 44.3 Å². The first kappa shape index (κ1) is 15.1. The van der Waals surface area contributed by atoms with Crippen LogP contribution in [0.1, 0.15) is 25.7 Å². The van der Waals surface area contributed by atoms with Crippen LogP contribution in [0.3, 0.4) is 0 Å². The Morgan fingerprint density at radius 3 is 2.70 bits per heavy atom. The second-order valence-corrected chi connectivity index (χ2v) is 5.58. The van der Waals surface area contributed by atoms with Gasteiger partial charge in [0.15, 0.2) is 11.7 Å². The van der Waals surface area contributed by atoms with Crippen LogP contribution in [0, 0.1) is 0 Å². The van der Waals surface area contributed by atoms with Crippen molar-refractivity contribution in [3.63, 3.8) is 0 Å². The summed E-state index contributed by atoms with van der Waals surface area (Å²) < 4.78 is 5.80. The molecule has 0 radical (unpaired) electrons. The number of benzene rings is 1. The molecule has 0 aliphatic carbocycles. The normalized spacial score (nSPS) is 10.9. The molecule has 0 unspecified atom stereocenters. The summed E-state index contributed by atoms with van der Waals surface area (Å²) in [4.78, 5) is 5.61. The van der Waals surface area contributed by atoms with Crippen molar-refractivity contribution in [2.45, 2.75) is 31.1 Å². The highest BCUT2D eigenvalue weighted by Gasteiger charge is 2.06. The monoisotopic (exact) mass is 290 g/mol. The van der Waals surface area contributed by atoms with Gasteiger partial charge in [-0.3, -0.25) is 0 Å². The van der Waals surface area contributed by atoms with E-state index in [2.05, 4.69) is 47.7 Å². The average molecular weight is 290 g/mol. The Bertz CT molecular complexity index is 507. The van der Waals surface area contributed by atoms with E-state index in [4.69, 9.17) is 4.42 Å². The number of aromatic nitrogens is 1. The van der Waals surface area contributed by atoms with E-state index in [0.717, 1.165) is 43.1 Å². The van der Waals surface area contributed by atoms with Crippen molar-refractivity contribution in [1.82, 2.24) is 10.3 Å². The predicted molar refractivity (Wildman–Crippen MR) is 85.2 cm³/mol. The van der Waals surface area contributed by atoms with Crippen LogP contribution >= 0.6 is 11.8 Å². The molecule has 1 heterocycles. The van der Waals surface area contributed by atoms with Gasteiger partial charge in [-0.25, -0.2) is 4.98 Å². The van der Waals surface area contributed by atoms with Crippen LogP contribution in [-0.2, 0) is 6.42 Å². The van der Waals surface area contributed by atoms with E-state index in [1.807, 2.05) is 6.20 Å². The summed E-state index contributed by atoms with van der Waals surface area (Å²) in [7, 11) is 0. The first-order valence-corrected chi connectivity index (χ1v) is 8.35. The zero-order valence-electron chi connectivity index (χ0n) is 12.2. The number of oxazole rings is 1. The fourth-order valence-corrected chi connectivity index (χ4v) is 2.39. The van der Waals surface area contributed by atoms with E-state index in [-0.39, 0.29) is 0 Å². The summed E-state index contributed by atoms with van der Waals surface area (Å²) in [6, 6.07) is 8.38. The van der Waals surface area contributed by atoms with Gasteiger partial charge in [0.05, 0.1) is 6.20 Å². The third kappa shape index (κ3) is 4.39. The van der Waals surface area contributed by atoms with Crippen LogP contribution in [0.4, 0.5) is 0 Å². The maximum absolute atomic E-state index is 5.80. The highest BCUT2D eigenvalue weighted by Crippen LogP contribution is 2.23. The van der Waals surface area contributed by atoms with Crippen LogP contribution in [0.2, 0.25) is 0 Å². The lowest BCUT2D eigenvalue weighted by Gasteiger charge is -2.00. The number of rotatable bonds is 8. The van der Waals surface area contributed by atoms with E-state index in [9.17, 15) is 0 Å². The minimum Gasteiger partial charge on any atom is -0.441 e. The molecule has 0 aliphatic heterocycles. The van der Waals surface area contributed by atoms with Crippen molar-refractivity contribution in [1.29, 1.82) is 0 Å². The first-order chi connectivity index (χ1) is 9.83. The van der Waals surface area contributed by atoms with Gasteiger partial charge < -0.3 is 9.73 Å². The second-order valence-electron chi connectivity index (χ2n) is 4.70. The summed E-state index contributed by atoms with van der Waals surface area (Å²) in [5, 5.41) is 3.38. The number of hydrogen-bond acceptors (Lipinski definition) is 4. The molecule has 1 aromatic carbocycles. The fraction of sp³-hybridized carbons (Fsp3) is 0.438. The van der Waals surface area contributed by atoms with E-state index in [1.165, 1.54) is 11.3 Å². The molecule has 108 valence electrons. The van der Waals surface area contributed by atoms with E-state index in [0.29, 0.717) is 0 Å². The van der Waals surface area contributed by atoms with Gasteiger partial charge in [0, 0.05) is 16.9 Å².